The quantitative estimate of drug-likeness (QED) is 0.541. The number of pyridine rings is 1. The van der Waals surface area contributed by atoms with E-state index in [-0.39, 0.29) is 12.6 Å². The highest BCUT2D eigenvalue weighted by Crippen LogP contribution is 2.28. The molecule has 0 spiro atoms. The molecule has 0 radical (unpaired) electrons. The van der Waals surface area contributed by atoms with Crippen LogP contribution in [0.25, 0.3) is 11.0 Å². The van der Waals surface area contributed by atoms with Gasteiger partial charge in [0.1, 0.15) is 17.8 Å². The molecule has 144 valence electrons. The van der Waals surface area contributed by atoms with E-state index in [2.05, 4.69) is 26.3 Å². The van der Waals surface area contributed by atoms with Gasteiger partial charge in [-0.3, -0.25) is 0 Å². The maximum absolute atomic E-state index is 12.5. The summed E-state index contributed by atoms with van der Waals surface area (Å²) in [4.78, 5) is 22.2. The lowest BCUT2D eigenvalue weighted by molar-refractivity contribution is 0.0389. The van der Waals surface area contributed by atoms with Gasteiger partial charge in [-0.2, -0.15) is 5.26 Å². The van der Waals surface area contributed by atoms with Crippen LogP contribution in [-0.4, -0.2) is 66.8 Å². The average Bonchev–Trinajstić information content (AvgIpc) is 3.16. The predicted octanol–water partition coefficient (Wildman–Crippen LogP) is 2.16. The molecule has 0 unspecified atom stereocenters. The SMILES string of the molecule is COCCOC(=O)c1cnc2[nH]ccc2c1N[C@@H]1CCCN(CCC#N)C1. The van der Waals surface area contributed by atoms with Crippen molar-refractivity contribution in [1.82, 2.24) is 14.9 Å². The molecule has 0 bridgehead atoms. The van der Waals surface area contributed by atoms with E-state index in [4.69, 9.17) is 14.7 Å². The number of ether oxygens (including phenoxy) is 2. The van der Waals surface area contributed by atoms with E-state index < -0.39 is 5.97 Å². The molecule has 0 saturated carbocycles. The molecule has 2 N–H and O–H groups in total. The molecule has 1 aliphatic rings. The van der Waals surface area contributed by atoms with Crippen molar-refractivity contribution in [2.75, 3.05) is 45.3 Å². The van der Waals surface area contributed by atoms with Crippen LogP contribution in [0.1, 0.15) is 29.6 Å². The molecule has 8 heteroatoms. The number of nitrogens with one attached hydrogen (secondary N) is 2. The summed E-state index contributed by atoms with van der Waals surface area (Å²) in [6.45, 7) is 3.17. The molecule has 2 aromatic heterocycles. The Morgan fingerprint density at radius 1 is 1.52 bits per heavy atom. The van der Waals surface area contributed by atoms with Crippen LogP contribution in [-0.2, 0) is 9.47 Å². The van der Waals surface area contributed by atoms with Gasteiger partial charge in [-0.15, -0.1) is 0 Å². The number of nitrogens with zero attached hydrogens (tertiary/aromatic N) is 3. The molecule has 0 aromatic carbocycles. The van der Waals surface area contributed by atoms with Crippen molar-refractivity contribution in [1.29, 1.82) is 5.26 Å². The van der Waals surface area contributed by atoms with Gasteiger partial charge in [0.05, 0.1) is 18.4 Å². The number of piperidine rings is 1. The smallest absolute Gasteiger partial charge is 0.341 e. The highest BCUT2D eigenvalue weighted by Gasteiger charge is 2.24. The standard InChI is InChI=1S/C19H25N5O3/c1-26-10-11-27-19(25)16-12-22-18-15(5-7-21-18)17(16)23-14-4-2-8-24(13-14)9-3-6-20/h5,7,12,14H,2-4,8-11,13H2,1H3,(H2,21,22,23)/t14-/m1/s1. The topological polar surface area (TPSA) is 103 Å². The van der Waals surface area contributed by atoms with Gasteiger partial charge in [0.15, 0.2) is 0 Å². The summed E-state index contributed by atoms with van der Waals surface area (Å²) < 4.78 is 10.2. The number of carbonyl (C=O) groups excluding carboxylic acids is 1. The Hall–Kier alpha value is -2.63. The Balaban J connectivity index is 1.79. The summed E-state index contributed by atoms with van der Waals surface area (Å²) >= 11 is 0. The zero-order chi connectivity index (χ0) is 19.1. The lowest BCUT2D eigenvalue weighted by atomic mass is 10.0. The second-order valence-electron chi connectivity index (χ2n) is 6.61. The first-order valence-corrected chi connectivity index (χ1v) is 9.21. The molecular weight excluding hydrogens is 346 g/mol. The molecule has 8 nitrogen and oxygen atoms in total. The van der Waals surface area contributed by atoms with Crippen molar-refractivity contribution in [3.8, 4) is 6.07 Å². The Kier molecular flexibility index (Phi) is 6.63. The normalized spacial score (nSPS) is 17.6. The molecule has 1 fully saturated rings. The van der Waals surface area contributed by atoms with Gasteiger partial charge in [0.25, 0.3) is 0 Å². The second kappa shape index (κ2) is 9.35. The number of esters is 1. The van der Waals surface area contributed by atoms with Crippen molar-refractivity contribution in [2.45, 2.75) is 25.3 Å². The minimum Gasteiger partial charge on any atom is -0.460 e. The number of aromatic amines is 1. The molecule has 3 rings (SSSR count). The van der Waals surface area contributed by atoms with Crippen molar-refractivity contribution >= 4 is 22.7 Å². The molecule has 0 amide bonds. The number of rotatable bonds is 8. The third kappa shape index (κ3) is 4.76. The van der Waals surface area contributed by atoms with Crippen LogP contribution in [0.2, 0.25) is 0 Å². The van der Waals surface area contributed by atoms with E-state index in [9.17, 15) is 4.79 Å². The van der Waals surface area contributed by atoms with Crippen molar-refractivity contribution < 1.29 is 14.3 Å². The lowest BCUT2D eigenvalue weighted by Gasteiger charge is -2.33. The number of hydrogen-bond acceptors (Lipinski definition) is 7. The fourth-order valence-corrected chi connectivity index (χ4v) is 3.40. The summed E-state index contributed by atoms with van der Waals surface area (Å²) in [5.41, 5.74) is 1.89. The second-order valence-corrected chi connectivity index (χ2v) is 6.61. The minimum absolute atomic E-state index is 0.198. The van der Waals surface area contributed by atoms with E-state index >= 15 is 0 Å². The van der Waals surface area contributed by atoms with E-state index in [1.54, 1.807) is 13.3 Å². The number of likely N-dealkylation sites (tertiary alicyclic amines) is 1. The fourth-order valence-electron chi connectivity index (χ4n) is 3.40. The van der Waals surface area contributed by atoms with Gasteiger partial charge >= 0.3 is 5.97 Å². The van der Waals surface area contributed by atoms with Gasteiger partial charge in [0.2, 0.25) is 0 Å². The molecule has 1 aliphatic heterocycles. The zero-order valence-electron chi connectivity index (χ0n) is 15.5. The Morgan fingerprint density at radius 3 is 3.22 bits per heavy atom. The van der Waals surface area contributed by atoms with Crippen molar-refractivity contribution in [3.05, 3.63) is 24.0 Å². The van der Waals surface area contributed by atoms with Crippen LogP contribution in [0.3, 0.4) is 0 Å². The maximum atomic E-state index is 12.5. The maximum Gasteiger partial charge on any atom is 0.341 e. The summed E-state index contributed by atoms with van der Waals surface area (Å²) in [7, 11) is 1.56. The minimum atomic E-state index is -0.415. The molecule has 3 heterocycles. The zero-order valence-corrected chi connectivity index (χ0v) is 15.5. The van der Waals surface area contributed by atoms with Crippen LogP contribution in [0.5, 0.6) is 0 Å². The lowest BCUT2D eigenvalue weighted by Crippen LogP contribution is -2.42. The molecule has 2 aromatic rings. The van der Waals surface area contributed by atoms with Crippen LogP contribution < -0.4 is 5.32 Å². The first kappa shape index (κ1) is 19.1. The summed E-state index contributed by atoms with van der Waals surface area (Å²) in [5, 5.41) is 13.2. The Morgan fingerprint density at radius 2 is 2.41 bits per heavy atom. The van der Waals surface area contributed by atoms with Gasteiger partial charge < -0.3 is 24.7 Å². The number of anilines is 1. The number of methoxy groups -OCH3 is 1. The third-order valence-corrected chi connectivity index (χ3v) is 4.72. The van der Waals surface area contributed by atoms with Crippen LogP contribution in [0, 0.1) is 11.3 Å². The Bertz CT molecular complexity index is 813. The van der Waals surface area contributed by atoms with Crippen molar-refractivity contribution in [2.24, 2.45) is 0 Å². The number of H-pyrrole nitrogens is 1. The number of fused-ring (bicyclic) bond motifs is 1. The first-order chi connectivity index (χ1) is 13.2. The Labute approximate surface area is 158 Å². The number of carbonyl (C=O) groups is 1. The van der Waals surface area contributed by atoms with Gasteiger partial charge in [0, 0.05) is 50.4 Å². The van der Waals surface area contributed by atoms with Crippen LogP contribution in [0.15, 0.2) is 18.5 Å². The molecular formula is C19H25N5O3. The van der Waals surface area contributed by atoms with Gasteiger partial charge in [-0.1, -0.05) is 0 Å². The largest absolute Gasteiger partial charge is 0.460 e. The number of hydrogen-bond donors (Lipinski definition) is 2. The molecule has 0 aliphatic carbocycles. The number of nitriles is 1. The summed E-state index contributed by atoms with van der Waals surface area (Å²) in [6, 6.07) is 4.31. The van der Waals surface area contributed by atoms with E-state index in [1.165, 1.54) is 0 Å². The van der Waals surface area contributed by atoms with Crippen molar-refractivity contribution in [3.63, 3.8) is 0 Å². The van der Waals surface area contributed by atoms with Gasteiger partial charge in [-0.25, -0.2) is 9.78 Å². The highest BCUT2D eigenvalue weighted by molar-refractivity contribution is 6.04. The predicted molar refractivity (Wildman–Crippen MR) is 102 cm³/mol. The molecule has 27 heavy (non-hydrogen) atoms. The van der Waals surface area contributed by atoms with E-state index in [0.29, 0.717) is 18.6 Å². The number of aromatic nitrogens is 2. The summed E-state index contributed by atoms with van der Waals surface area (Å²) in [5.74, 6) is -0.415. The summed E-state index contributed by atoms with van der Waals surface area (Å²) in [6.07, 6.45) is 5.95. The van der Waals surface area contributed by atoms with Gasteiger partial charge in [-0.05, 0) is 25.5 Å². The molecule has 1 saturated heterocycles. The van der Waals surface area contributed by atoms with E-state index in [0.717, 1.165) is 49.2 Å². The monoisotopic (exact) mass is 371 g/mol. The van der Waals surface area contributed by atoms with Crippen LogP contribution in [0.4, 0.5) is 5.69 Å². The average molecular weight is 371 g/mol. The van der Waals surface area contributed by atoms with Crippen LogP contribution >= 0.6 is 0 Å². The highest BCUT2D eigenvalue weighted by atomic mass is 16.6. The fraction of sp³-hybridized carbons (Fsp3) is 0.526. The first-order valence-electron chi connectivity index (χ1n) is 9.21. The molecule has 1 atom stereocenters. The van der Waals surface area contributed by atoms with E-state index in [1.807, 2.05) is 12.3 Å². The third-order valence-electron chi connectivity index (χ3n) is 4.72.